The van der Waals surface area contributed by atoms with Gasteiger partial charge >= 0.3 is 0 Å². The summed E-state index contributed by atoms with van der Waals surface area (Å²) in [5.41, 5.74) is 0.340. The number of aliphatic hydroxyl groups is 1. The molecule has 0 saturated carbocycles. The smallest absolute Gasteiger partial charge is 0.241 e. The third-order valence-electron chi connectivity index (χ3n) is 3.21. The molecule has 0 heterocycles. The van der Waals surface area contributed by atoms with Crippen molar-refractivity contribution in [2.24, 2.45) is 5.92 Å². The van der Waals surface area contributed by atoms with Crippen LogP contribution in [0.3, 0.4) is 0 Å². The van der Waals surface area contributed by atoms with Gasteiger partial charge in [0.15, 0.2) is 0 Å². The zero-order valence-electron chi connectivity index (χ0n) is 11.3. The normalized spacial score (nSPS) is 15.1. The van der Waals surface area contributed by atoms with E-state index in [1.165, 1.54) is 5.56 Å². The number of hydrogen-bond donors (Lipinski definition) is 1. The minimum Gasteiger partial charge on any atom is -0.385 e. The van der Waals surface area contributed by atoms with Gasteiger partial charge in [-0.3, -0.25) is 0 Å². The first kappa shape index (κ1) is 15.1. The van der Waals surface area contributed by atoms with Crippen molar-refractivity contribution in [3.63, 3.8) is 0 Å². The summed E-state index contributed by atoms with van der Waals surface area (Å²) < 4.78 is 25.0. The summed E-state index contributed by atoms with van der Waals surface area (Å²) in [4.78, 5) is 0. The molecule has 1 nitrogen and oxygen atoms in total. The van der Waals surface area contributed by atoms with E-state index in [0.717, 1.165) is 6.42 Å². The summed E-state index contributed by atoms with van der Waals surface area (Å²) in [7, 11) is 0. The average Bonchev–Trinajstić information content (AvgIpc) is 2.28. The monoisotopic (exact) mass is 256 g/mol. The lowest BCUT2D eigenvalue weighted by Gasteiger charge is -2.27. The van der Waals surface area contributed by atoms with Gasteiger partial charge in [0, 0.05) is 6.42 Å². The van der Waals surface area contributed by atoms with E-state index >= 15 is 0 Å². The molecule has 0 saturated heterocycles. The summed E-state index contributed by atoms with van der Waals surface area (Å²) in [6, 6.07) is 7.37. The molecular weight excluding hydrogens is 234 g/mol. The molecular formula is C15H22F2O. The van der Waals surface area contributed by atoms with Gasteiger partial charge in [0.2, 0.25) is 6.43 Å². The first-order valence-corrected chi connectivity index (χ1v) is 6.47. The number of alkyl halides is 2. The lowest BCUT2D eigenvalue weighted by atomic mass is 9.87. The van der Waals surface area contributed by atoms with E-state index in [2.05, 4.69) is 13.8 Å². The molecule has 3 heteroatoms. The minimum atomic E-state index is -2.50. The molecule has 102 valence electrons. The van der Waals surface area contributed by atoms with Crippen molar-refractivity contribution < 1.29 is 13.9 Å². The number of halogens is 2. The Hall–Kier alpha value is -0.960. The molecule has 0 radical (unpaired) electrons. The van der Waals surface area contributed by atoms with Crippen LogP contribution in [0.15, 0.2) is 24.3 Å². The van der Waals surface area contributed by atoms with Crippen LogP contribution in [0.25, 0.3) is 0 Å². The van der Waals surface area contributed by atoms with Crippen molar-refractivity contribution in [1.82, 2.24) is 0 Å². The molecule has 1 atom stereocenters. The fourth-order valence-corrected chi connectivity index (χ4v) is 2.14. The topological polar surface area (TPSA) is 20.2 Å². The third kappa shape index (κ3) is 4.05. The van der Waals surface area contributed by atoms with Crippen molar-refractivity contribution in [3.05, 3.63) is 35.4 Å². The molecule has 0 spiro atoms. The summed E-state index contributed by atoms with van der Waals surface area (Å²) in [6.07, 6.45) is -1.75. The predicted octanol–water partition coefficient (Wildman–Crippen LogP) is 4.14. The summed E-state index contributed by atoms with van der Waals surface area (Å²) in [5, 5.41) is 10.3. The molecule has 0 aliphatic carbocycles. The molecule has 1 N–H and O–H groups in total. The van der Waals surface area contributed by atoms with E-state index in [1.807, 2.05) is 12.1 Å². The largest absolute Gasteiger partial charge is 0.385 e. The highest BCUT2D eigenvalue weighted by atomic mass is 19.3. The Kier molecular flexibility index (Phi) is 5.27. The molecule has 1 aromatic carbocycles. The van der Waals surface area contributed by atoms with Crippen molar-refractivity contribution in [1.29, 1.82) is 0 Å². The van der Waals surface area contributed by atoms with Gasteiger partial charge in [0.1, 0.15) is 0 Å². The summed E-state index contributed by atoms with van der Waals surface area (Å²) >= 11 is 0. The van der Waals surface area contributed by atoms with Crippen LogP contribution in [-0.4, -0.2) is 11.5 Å². The Balaban J connectivity index is 2.87. The first-order valence-electron chi connectivity index (χ1n) is 6.47. The van der Waals surface area contributed by atoms with E-state index in [4.69, 9.17) is 0 Å². The third-order valence-corrected chi connectivity index (χ3v) is 3.21. The molecule has 18 heavy (non-hydrogen) atoms. The van der Waals surface area contributed by atoms with Crippen molar-refractivity contribution >= 4 is 0 Å². The van der Waals surface area contributed by atoms with E-state index < -0.39 is 18.4 Å². The highest BCUT2D eigenvalue weighted by molar-refractivity contribution is 5.27. The molecule has 1 unspecified atom stereocenters. The predicted molar refractivity (Wildman–Crippen MR) is 69.8 cm³/mol. The average molecular weight is 256 g/mol. The standard InChI is InChI=1S/C15H22F2O/c1-4-15(18,10-14(16)17)13-7-5-12(6-8-13)9-11(2)3/h5-8,11,14,18H,4,9-10H2,1-3H3. The molecule has 0 amide bonds. The van der Waals surface area contributed by atoms with Crippen molar-refractivity contribution in [2.45, 2.75) is 52.1 Å². The van der Waals surface area contributed by atoms with Crippen LogP contribution >= 0.6 is 0 Å². The Bertz CT molecular complexity index is 359. The fourth-order valence-electron chi connectivity index (χ4n) is 2.14. The van der Waals surface area contributed by atoms with Gasteiger partial charge in [-0.2, -0.15) is 0 Å². The van der Waals surface area contributed by atoms with Gasteiger partial charge in [-0.25, -0.2) is 8.78 Å². The molecule has 1 rings (SSSR count). The van der Waals surface area contributed by atoms with Gasteiger partial charge in [-0.15, -0.1) is 0 Å². The highest BCUT2D eigenvalue weighted by Gasteiger charge is 2.30. The van der Waals surface area contributed by atoms with Gasteiger partial charge in [-0.1, -0.05) is 45.0 Å². The SMILES string of the molecule is CCC(O)(CC(F)F)c1ccc(CC(C)C)cc1. The van der Waals surface area contributed by atoms with Crippen molar-refractivity contribution in [3.8, 4) is 0 Å². The lowest BCUT2D eigenvalue weighted by Crippen LogP contribution is -2.27. The van der Waals surface area contributed by atoms with E-state index in [0.29, 0.717) is 17.9 Å². The number of rotatable bonds is 6. The number of benzene rings is 1. The van der Waals surface area contributed by atoms with Crippen LogP contribution in [0.2, 0.25) is 0 Å². The van der Waals surface area contributed by atoms with Crippen LogP contribution in [0.4, 0.5) is 8.78 Å². The second-order valence-corrected chi connectivity index (χ2v) is 5.28. The van der Waals surface area contributed by atoms with Gasteiger partial charge in [-0.05, 0) is 29.9 Å². The summed E-state index contributed by atoms with van der Waals surface area (Å²) in [6.45, 7) is 5.99. The van der Waals surface area contributed by atoms with Gasteiger partial charge in [0.25, 0.3) is 0 Å². The zero-order chi connectivity index (χ0) is 13.8. The molecule has 0 bridgehead atoms. The molecule has 0 aliphatic rings. The maximum atomic E-state index is 12.5. The fraction of sp³-hybridized carbons (Fsp3) is 0.600. The molecule has 1 aromatic rings. The molecule has 0 aromatic heterocycles. The van der Waals surface area contributed by atoms with Crippen LogP contribution in [0.1, 0.15) is 44.7 Å². The maximum absolute atomic E-state index is 12.5. The van der Waals surface area contributed by atoms with Crippen LogP contribution in [0, 0.1) is 5.92 Å². The lowest BCUT2D eigenvalue weighted by molar-refractivity contribution is -0.0295. The quantitative estimate of drug-likeness (QED) is 0.811. The van der Waals surface area contributed by atoms with E-state index in [9.17, 15) is 13.9 Å². The van der Waals surface area contributed by atoms with Crippen molar-refractivity contribution in [2.75, 3.05) is 0 Å². The Morgan fingerprint density at radius 2 is 1.72 bits per heavy atom. The Morgan fingerprint density at radius 3 is 2.11 bits per heavy atom. The summed E-state index contributed by atoms with van der Waals surface area (Å²) in [5.74, 6) is 0.557. The van der Waals surface area contributed by atoms with Crippen LogP contribution in [0.5, 0.6) is 0 Å². The Labute approximate surface area is 108 Å². The minimum absolute atomic E-state index is 0.293. The highest BCUT2D eigenvalue weighted by Crippen LogP contribution is 2.31. The van der Waals surface area contributed by atoms with Crippen LogP contribution < -0.4 is 0 Å². The second kappa shape index (κ2) is 6.28. The number of hydrogen-bond acceptors (Lipinski definition) is 1. The van der Waals surface area contributed by atoms with Gasteiger partial charge < -0.3 is 5.11 Å². The molecule has 0 aliphatic heterocycles. The first-order chi connectivity index (χ1) is 8.37. The van der Waals surface area contributed by atoms with E-state index in [1.54, 1.807) is 19.1 Å². The zero-order valence-corrected chi connectivity index (χ0v) is 11.3. The maximum Gasteiger partial charge on any atom is 0.241 e. The van der Waals surface area contributed by atoms with Crippen LogP contribution in [-0.2, 0) is 12.0 Å². The van der Waals surface area contributed by atoms with Gasteiger partial charge in [0.05, 0.1) is 5.60 Å². The Morgan fingerprint density at radius 1 is 1.17 bits per heavy atom. The molecule has 0 fully saturated rings. The second-order valence-electron chi connectivity index (χ2n) is 5.28. The van der Waals surface area contributed by atoms with E-state index in [-0.39, 0.29) is 0 Å².